The van der Waals surface area contributed by atoms with Crippen molar-refractivity contribution in [3.8, 4) is 0 Å². The van der Waals surface area contributed by atoms with Crippen LogP contribution in [0.15, 0.2) is 35.7 Å². The first-order chi connectivity index (χ1) is 10.2. The van der Waals surface area contributed by atoms with Gasteiger partial charge in [-0.05, 0) is 17.5 Å². The largest absolute Gasteiger partial charge is 0.355 e. The number of nitrogens with zero attached hydrogens (tertiary/aromatic N) is 3. The minimum Gasteiger partial charge on any atom is -0.355 e. The summed E-state index contributed by atoms with van der Waals surface area (Å²) >= 11 is 1.51. The van der Waals surface area contributed by atoms with Crippen LogP contribution in [0.4, 0.5) is 16.2 Å². The Morgan fingerprint density at radius 1 is 1.29 bits per heavy atom. The number of nitrogens with one attached hydrogen (secondary N) is 1. The average Bonchev–Trinajstić information content (AvgIpc) is 2.96. The number of hydrogen-bond acceptors (Lipinski definition) is 6. The van der Waals surface area contributed by atoms with Crippen molar-refractivity contribution in [2.24, 2.45) is 5.84 Å². The SMILES string of the molecule is CN(Cc1ccccc1F)c1nc(NN)nc2sccc12. The van der Waals surface area contributed by atoms with Crippen molar-refractivity contribution < 1.29 is 4.39 Å². The van der Waals surface area contributed by atoms with Crippen molar-refractivity contribution >= 4 is 33.3 Å². The Hall–Kier alpha value is -2.25. The molecule has 2 heterocycles. The molecule has 5 nitrogen and oxygen atoms in total. The van der Waals surface area contributed by atoms with Gasteiger partial charge < -0.3 is 4.90 Å². The number of thiophene rings is 1. The van der Waals surface area contributed by atoms with E-state index in [9.17, 15) is 4.39 Å². The van der Waals surface area contributed by atoms with E-state index < -0.39 is 0 Å². The van der Waals surface area contributed by atoms with E-state index in [4.69, 9.17) is 5.84 Å². The molecule has 0 spiro atoms. The molecule has 21 heavy (non-hydrogen) atoms. The van der Waals surface area contributed by atoms with Gasteiger partial charge in [0.15, 0.2) is 0 Å². The fourth-order valence-electron chi connectivity index (χ4n) is 2.15. The fraction of sp³-hybridized carbons (Fsp3) is 0.143. The molecule has 0 amide bonds. The second kappa shape index (κ2) is 5.63. The van der Waals surface area contributed by atoms with Crippen LogP contribution >= 0.6 is 11.3 Å². The quantitative estimate of drug-likeness (QED) is 0.573. The van der Waals surface area contributed by atoms with Crippen molar-refractivity contribution in [1.29, 1.82) is 0 Å². The summed E-state index contributed by atoms with van der Waals surface area (Å²) in [6, 6.07) is 8.67. The van der Waals surface area contributed by atoms with Crippen LogP contribution in [0.2, 0.25) is 0 Å². The molecule has 3 N–H and O–H groups in total. The summed E-state index contributed by atoms with van der Waals surface area (Å²) in [5.74, 6) is 6.25. The number of rotatable bonds is 4. The molecule has 0 unspecified atom stereocenters. The number of aromatic nitrogens is 2. The van der Waals surface area contributed by atoms with Crippen LogP contribution in [0.1, 0.15) is 5.56 Å². The second-order valence-electron chi connectivity index (χ2n) is 4.60. The van der Waals surface area contributed by atoms with Gasteiger partial charge in [-0.2, -0.15) is 4.98 Å². The molecule has 0 bridgehead atoms. The standard InChI is InChI=1S/C14H14FN5S/c1-20(8-9-4-2-3-5-11(9)15)12-10-6-7-21-13(10)18-14(17-12)19-16/h2-7H,8,16H2,1H3,(H,17,18,19). The van der Waals surface area contributed by atoms with Crippen LogP contribution < -0.4 is 16.2 Å². The Morgan fingerprint density at radius 2 is 2.10 bits per heavy atom. The van der Waals surface area contributed by atoms with Crippen molar-refractivity contribution in [3.05, 3.63) is 47.1 Å². The summed E-state index contributed by atoms with van der Waals surface area (Å²) < 4.78 is 13.8. The number of hydrazine groups is 1. The van der Waals surface area contributed by atoms with Crippen molar-refractivity contribution in [2.75, 3.05) is 17.4 Å². The van der Waals surface area contributed by atoms with Crippen LogP contribution in [0.3, 0.4) is 0 Å². The van der Waals surface area contributed by atoms with E-state index in [-0.39, 0.29) is 5.82 Å². The first-order valence-corrected chi connectivity index (χ1v) is 7.23. The minimum absolute atomic E-state index is 0.225. The molecule has 0 radical (unpaired) electrons. The van der Waals surface area contributed by atoms with Crippen LogP contribution in [0.5, 0.6) is 0 Å². The van der Waals surface area contributed by atoms with Crippen LogP contribution in [0.25, 0.3) is 10.2 Å². The molecule has 0 saturated heterocycles. The normalized spacial score (nSPS) is 10.8. The summed E-state index contributed by atoms with van der Waals surface area (Å²) in [6.45, 7) is 0.415. The fourth-order valence-corrected chi connectivity index (χ4v) is 2.91. The van der Waals surface area contributed by atoms with Gasteiger partial charge in [0.05, 0.1) is 5.39 Å². The predicted molar refractivity (Wildman–Crippen MR) is 83.7 cm³/mol. The molecule has 3 aromatic rings. The van der Waals surface area contributed by atoms with Gasteiger partial charge in [0.2, 0.25) is 5.95 Å². The highest BCUT2D eigenvalue weighted by Crippen LogP contribution is 2.29. The molecule has 108 valence electrons. The van der Waals surface area contributed by atoms with Gasteiger partial charge in [0.25, 0.3) is 0 Å². The number of benzene rings is 1. The van der Waals surface area contributed by atoms with Gasteiger partial charge in [-0.25, -0.2) is 15.2 Å². The molecule has 0 aliphatic heterocycles. The average molecular weight is 303 g/mol. The van der Waals surface area contributed by atoms with E-state index in [2.05, 4.69) is 15.4 Å². The lowest BCUT2D eigenvalue weighted by molar-refractivity contribution is 0.607. The van der Waals surface area contributed by atoms with Gasteiger partial charge in [0.1, 0.15) is 16.5 Å². The Kier molecular flexibility index (Phi) is 3.68. The predicted octanol–water partition coefficient (Wildman–Crippen LogP) is 2.75. The number of anilines is 2. The molecule has 0 aliphatic carbocycles. The van der Waals surface area contributed by atoms with E-state index in [0.717, 1.165) is 16.0 Å². The third-order valence-electron chi connectivity index (χ3n) is 3.16. The molecule has 2 aromatic heterocycles. The van der Waals surface area contributed by atoms with Crippen molar-refractivity contribution in [2.45, 2.75) is 6.54 Å². The third-order valence-corrected chi connectivity index (χ3v) is 3.97. The van der Waals surface area contributed by atoms with E-state index in [0.29, 0.717) is 18.1 Å². The second-order valence-corrected chi connectivity index (χ2v) is 5.50. The molecule has 0 fully saturated rings. The van der Waals surface area contributed by atoms with Gasteiger partial charge in [-0.3, -0.25) is 5.43 Å². The van der Waals surface area contributed by atoms with Gasteiger partial charge in [-0.15, -0.1) is 11.3 Å². The maximum Gasteiger partial charge on any atom is 0.240 e. The molecule has 7 heteroatoms. The molecule has 0 atom stereocenters. The zero-order chi connectivity index (χ0) is 14.8. The van der Waals surface area contributed by atoms with E-state index >= 15 is 0 Å². The smallest absolute Gasteiger partial charge is 0.240 e. The lowest BCUT2D eigenvalue weighted by Gasteiger charge is -2.20. The van der Waals surface area contributed by atoms with Crippen LogP contribution in [-0.2, 0) is 6.54 Å². The van der Waals surface area contributed by atoms with E-state index in [1.807, 2.05) is 29.5 Å². The molecular formula is C14H14FN5S. The highest BCUT2D eigenvalue weighted by atomic mass is 32.1. The lowest BCUT2D eigenvalue weighted by Crippen LogP contribution is -2.20. The first-order valence-electron chi connectivity index (χ1n) is 6.35. The van der Waals surface area contributed by atoms with Crippen LogP contribution in [0, 0.1) is 5.82 Å². The van der Waals surface area contributed by atoms with E-state index in [1.165, 1.54) is 17.4 Å². The summed E-state index contributed by atoms with van der Waals surface area (Å²) in [5, 5.41) is 2.87. The molecule has 3 rings (SSSR count). The molecule has 0 saturated carbocycles. The summed E-state index contributed by atoms with van der Waals surface area (Å²) in [6.07, 6.45) is 0. The maximum absolute atomic E-state index is 13.8. The minimum atomic E-state index is -0.225. The number of halogens is 1. The van der Waals surface area contributed by atoms with Gasteiger partial charge >= 0.3 is 0 Å². The Labute approximate surface area is 125 Å². The third kappa shape index (κ3) is 2.65. The summed E-state index contributed by atoms with van der Waals surface area (Å²) in [7, 11) is 1.87. The number of nitrogen functional groups attached to an aromatic ring is 1. The Bertz CT molecular complexity index is 773. The summed E-state index contributed by atoms with van der Waals surface area (Å²) in [4.78, 5) is 11.4. The van der Waals surface area contributed by atoms with Gasteiger partial charge in [0, 0.05) is 19.2 Å². The van der Waals surface area contributed by atoms with Crippen molar-refractivity contribution in [1.82, 2.24) is 9.97 Å². The zero-order valence-corrected chi connectivity index (χ0v) is 12.2. The number of fused-ring (bicyclic) bond motifs is 1. The monoisotopic (exact) mass is 303 g/mol. The summed E-state index contributed by atoms with van der Waals surface area (Å²) in [5.41, 5.74) is 3.08. The highest BCUT2D eigenvalue weighted by Gasteiger charge is 2.14. The van der Waals surface area contributed by atoms with Crippen molar-refractivity contribution in [3.63, 3.8) is 0 Å². The zero-order valence-electron chi connectivity index (χ0n) is 11.4. The maximum atomic E-state index is 13.8. The number of hydrogen-bond donors (Lipinski definition) is 2. The van der Waals surface area contributed by atoms with E-state index in [1.54, 1.807) is 12.1 Å². The highest BCUT2D eigenvalue weighted by molar-refractivity contribution is 7.16. The first kappa shape index (κ1) is 13.7. The molecular weight excluding hydrogens is 289 g/mol. The number of nitrogens with two attached hydrogens (primary N) is 1. The molecule has 1 aromatic carbocycles. The molecule has 0 aliphatic rings. The Balaban J connectivity index is 1.99. The Morgan fingerprint density at radius 3 is 2.86 bits per heavy atom. The topological polar surface area (TPSA) is 67.1 Å². The lowest BCUT2D eigenvalue weighted by atomic mass is 10.2. The van der Waals surface area contributed by atoms with Gasteiger partial charge in [-0.1, -0.05) is 18.2 Å². The van der Waals surface area contributed by atoms with Crippen LogP contribution in [-0.4, -0.2) is 17.0 Å².